The number of hydrogen-bond donors (Lipinski definition) is 3. The monoisotopic (exact) mass is 335 g/mol. The number of amides is 1. The van der Waals surface area contributed by atoms with E-state index in [9.17, 15) is 17.6 Å². The minimum atomic E-state index is -3.88. The normalized spacial score (nSPS) is 18.6. The molecule has 2 aromatic carbocycles. The maximum Gasteiger partial charge on any atom is 0.258 e. The summed E-state index contributed by atoms with van der Waals surface area (Å²) in [5, 5.41) is 5.32. The van der Waals surface area contributed by atoms with Crippen LogP contribution in [0.4, 0.5) is 10.1 Å². The van der Waals surface area contributed by atoms with Gasteiger partial charge in [0.2, 0.25) is 10.0 Å². The zero-order valence-electron chi connectivity index (χ0n) is 11.9. The van der Waals surface area contributed by atoms with Crippen LogP contribution in [0.15, 0.2) is 53.4 Å². The molecule has 0 fully saturated rings. The SMILES string of the molecule is O=C(NCc1ccccc1)C1Nc2cc(F)ccc2S(=O)(=O)N1. The number of fused-ring (bicyclic) bond motifs is 1. The molecule has 0 aliphatic carbocycles. The Labute approximate surface area is 132 Å². The number of hydrogen-bond acceptors (Lipinski definition) is 4. The molecule has 23 heavy (non-hydrogen) atoms. The molecular weight excluding hydrogens is 321 g/mol. The smallest absolute Gasteiger partial charge is 0.258 e. The molecule has 0 saturated carbocycles. The van der Waals surface area contributed by atoms with Gasteiger partial charge in [0.25, 0.3) is 5.91 Å². The number of nitrogens with one attached hydrogen (secondary N) is 3. The van der Waals surface area contributed by atoms with Crippen LogP contribution in [0.2, 0.25) is 0 Å². The molecule has 6 nitrogen and oxygen atoms in total. The average molecular weight is 335 g/mol. The van der Waals surface area contributed by atoms with Crippen molar-refractivity contribution in [2.75, 3.05) is 5.32 Å². The van der Waals surface area contributed by atoms with Gasteiger partial charge >= 0.3 is 0 Å². The van der Waals surface area contributed by atoms with Crippen molar-refractivity contribution < 1.29 is 17.6 Å². The standard InChI is InChI=1S/C15H14FN3O3S/c16-11-6-7-13-12(8-11)18-14(19-23(13,21)22)15(20)17-9-10-4-2-1-3-5-10/h1-8,14,18-19H,9H2,(H,17,20). The van der Waals surface area contributed by atoms with Crippen LogP contribution in [0.5, 0.6) is 0 Å². The number of halogens is 1. The van der Waals surface area contributed by atoms with E-state index >= 15 is 0 Å². The Morgan fingerprint density at radius 2 is 1.91 bits per heavy atom. The summed E-state index contributed by atoms with van der Waals surface area (Å²) >= 11 is 0. The first-order valence-electron chi connectivity index (χ1n) is 6.86. The molecule has 1 heterocycles. The average Bonchev–Trinajstić information content (AvgIpc) is 2.52. The summed E-state index contributed by atoms with van der Waals surface area (Å²) in [7, 11) is -3.88. The third kappa shape index (κ3) is 3.33. The molecule has 3 rings (SSSR count). The van der Waals surface area contributed by atoms with Gasteiger partial charge in [-0.15, -0.1) is 0 Å². The van der Waals surface area contributed by atoms with E-state index in [2.05, 4.69) is 15.4 Å². The second-order valence-electron chi connectivity index (χ2n) is 5.04. The molecule has 1 aliphatic heterocycles. The fourth-order valence-electron chi connectivity index (χ4n) is 2.26. The second-order valence-corrected chi connectivity index (χ2v) is 6.72. The molecular formula is C15H14FN3O3S. The first-order chi connectivity index (χ1) is 11.0. The predicted octanol–water partition coefficient (Wildman–Crippen LogP) is 1.17. The van der Waals surface area contributed by atoms with Crippen LogP contribution in [-0.4, -0.2) is 20.5 Å². The number of anilines is 1. The minimum Gasteiger partial charge on any atom is -0.360 e. The first kappa shape index (κ1) is 15.4. The predicted molar refractivity (Wildman–Crippen MR) is 82.4 cm³/mol. The van der Waals surface area contributed by atoms with Crippen LogP contribution in [0.3, 0.4) is 0 Å². The Hall–Kier alpha value is -2.45. The van der Waals surface area contributed by atoms with Gasteiger partial charge in [-0.1, -0.05) is 30.3 Å². The third-order valence-electron chi connectivity index (χ3n) is 3.38. The number of rotatable bonds is 3. The van der Waals surface area contributed by atoms with Crippen molar-refractivity contribution in [2.24, 2.45) is 0 Å². The molecule has 2 aromatic rings. The summed E-state index contributed by atoms with van der Waals surface area (Å²) in [5.41, 5.74) is 0.939. The molecule has 1 unspecified atom stereocenters. The lowest BCUT2D eigenvalue weighted by Crippen LogP contribution is -2.53. The molecule has 1 aliphatic rings. The second kappa shape index (κ2) is 5.98. The van der Waals surface area contributed by atoms with Gasteiger partial charge in [-0.05, 0) is 23.8 Å². The summed E-state index contributed by atoms with van der Waals surface area (Å²) in [6, 6.07) is 12.4. The van der Waals surface area contributed by atoms with E-state index in [0.717, 1.165) is 23.8 Å². The third-order valence-corrected chi connectivity index (χ3v) is 4.86. The van der Waals surface area contributed by atoms with E-state index in [-0.39, 0.29) is 17.1 Å². The quantitative estimate of drug-likeness (QED) is 0.786. The Bertz CT molecular complexity index is 840. The summed E-state index contributed by atoms with van der Waals surface area (Å²) in [6.45, 7) is 0.260. The van der Waals surface area contributed by atoms with Crippen LogP contribution in [-0.2, 0) is 21.4 Å². The maximum atomic E-state index is 13.3. The Balaban J connectivity index is 1.75. The zero-order chi connectivity index (χ0) is 16.4. The van der Waals surface area contributed by atoms with E-state index in [1.807, 2.05) is 30.3 Å². The molecule has 1 amide bonds. The van der Waals surface area contributed by atoms with E-state index in [1.165, 1.54) is 0 Å². The summed E-state index contributed by atoms with van der Waals surface area (Å²) < 4.78 is 39.8. The van der Waals surface area contributed by atoms with Gasteiger partial charge in [0.15, 0.2) is 6.17 Å². The van der Waals surface area contributed by atoms with Crippen molar-refractivity contribution in [1.29, 1.82) is 0 Å². The minimum absolute atomic E-state index is 0.0589. The van der Waals surface area contributed by atoms with Gasteiger partial charge in [-0.3, -0.25) is 4.79 Å². The highest BCUT2D eigenvalue weighted by Crippen LogP contribution is 2.26. The lowest BCUT2D eigenvalue weighted by atomic mass is 10.2. The fourth-order valence-corrected chi connectivity index (χ4v) is 3.52. The van der Waals surface area contributed by atoms with E-state index < -0.39 is 27.9 Å². The summed E-state index contributed by atoms with van der Waals surface area (Å²) in [6.07, 6.45) is -1.20. The molecule has 3 N–H and O–H groups in total. The van der Waals surface area contributed by atoms with Crippen molar-refractivity contribution in [1.82, 2.24) is 10.0 Å². The van der Waals surface area contributed by atoms with Gasteiger partial charge in [0.05, 0.1) is 5.69 Å². The topological polar surface area (TPSA) is 87.3 Å². The van der Waals surface area contributed by atoms with Crippen molar-refractivity contribution in [3.63, 3.8) is 0 Å². The van der Waals surface area contributed by atoms with E-state index in [1.54, 1.807) is 0 Å². The zero-order valence-corrected chi connectivity index (χ0v) is 12.7. The van der Waals surface area contributed by atoms with Crippen LogP contribution in [0.1, 0.15) is 5.56 Å². The van der Waals surface area contributed by atoms with Gasteiger partial charge in [0.1, 0.15) is 10.7 Å². The summed E-state index contributed by atoms with van der Waals surface area (Å²) in [4.78, 5) is 12.1. The maximum absolute atomic E-state index is 13.3. The first-order valence-corrected chi connectivity index (χ1v) is 8.34. The van der Waals surface area contributed by atoms with E-state index in [0.29, 0.717) is 0 Å². The number of sulfonamides is 1. The van der Waals surface area contributed by atoms with Crippen molar-refractivity contribution >= 4 is 21.6 Å². The van der Waals surface area contributed by atoms with Gasteiger partial charge < -0.3 is 10.6 Å². The van der Waals surface area contributed by atoms with Crippen LogP contribution >= 0.6 is 0 Å². The molecule has 8 heteroatoms. The Morgan fingerprint density at radius 3 is 2.65 bits per heavy atom. The van der Waals surface area contributed by atoms with E-state index in [4.69, 9.17) is 0 Å². The van der Waals surface area contributed by atoms with Crippen molar-refractivity contribution in [2.45, 2.75) is 17.6 Å². The molecule has 0 radical (unpaired) electrons. The molecule has 120 valence electrons. The Kier molecular flexibility index (Phi) is 4.01. The van der Waals surface area contributed by atoms with Gasteiger partial charge in [-0.25, -0.2) is 12.8 Å². The highest BCUT2D eigenvalue weighted by molar-refractivity contribution is 7.89. The largest absolute Gasteiger partial charge is 0.360 e. The van der Waals surface area contributed by atoms with Gasteiger partial charge in [0, 0.05) is 6.54 Å². The molecule has 0 aromatic heterocycles. The van der Waals surface area contributed by atoms with Crippen molar-refractivity contribution in [3.05, 3.63) is 59.9 Å². The highest BCUT2D eigenvalue weighted by Gasteiger charge is 2.33. The Morgan fingerprint density at radius 1 is 1.17 bits per heavy atom. The van der Waals surface area contributed by atoms with Crippen LogP contribution < -0.4 is 15.4 Å². The van der Waals surface area contributed by atoms with Crippen LogP contribution in [0.25, 0.3) is 0 Å². The number of carbonyl (C=O) groups excluding carboxylic acids is 1. The number of carbonyl (C=O) groups is 1. The molecule has 0 saturated heterocycles. The number of benzene rings is 2. The highest BCUT2D eigenvalue weighted by atomic mass is 32.2. The van der Waals surface area contributed by atoms with Crippen molar-refractivity contribution in [3.8, 4) is 0 Å². The van der Waals surface area contributed by atoms with Crippen LogP contribution in [0, 0.1) is 5.82 Å². The molecule has 0 spiro atoms. The lowest BCUT2D eigenvalue weighted by molar-refractivity contribution is -0.122. The summed E-state index contributed by atoms with van der Waals surface area (Å²) in [5.74, 6) is -1.14. The molecule has 0 bridgehead atoms. The fraction of sp³-hybridized carbons (Fsp3) is 0.133. The molecule has 1 atom stereocenters. The lowest BCUT2D eigenvalue weighted by Gasteiger charge is -2.27. The van der Waals surface area contributed by atoms with Gasteiger partial charge in [-0.2, -0.15) is 4.72 Å².